The SMILES string of the molecule is NC(=O)CONC(=O)c1ccc2c(c1)CNCC2. The Morgan fingerprint density at radius 3 is 3.00 bits per heavy atom. The molecular formula is C12H15N3O3. The van der Waals surface area contributed by atoms with Crippen molar-refractivity contribution < 1.29 is 14.4 Å². The zero-order chi connectivity index (χ0) is 13.0. The fourth-order valence-electron chi connectivity index (χ4n) is 1.85. The molecule has 0 atom stereocenters. The number of nitrogens with one attached hydrogen (secondary N) is 2. The summed E-state index contributed by atoms with van der Waals surface area (Å²) >= 11 is 0. The number of hydroxylamine groups is 1. The number of amides is 2. The lowest BCUT2D eigenvalue weighted by Crippen LogP contribution is -2.30. The molecule has 18 heavy (non-hydrogen) atoms. The second-order valence-electron chi connectivity index (χ2n) is 4.10. The Morgan fingerprint density at radius 1 is 1.39 bits per heavy atom. The third-order valence-corrected chi connectivity index (χ3v) is 2.73. The molecule has 0 fully saturated rings. The minimum atomic E-state index is -0.634. The van der Waals surface area contributed by atoms with Gasteiger partial charge in [0.05, 0.1) is 0 Å². The number of primary amides is 1. The van der Waals surface area contributed by atoms with E-state index in [-0.39, 0.29) is 12.5 Å². The Balaban J connectivity index is 2.00. The molecule has 1 aromatic rings. The summed E-state index contributed by atoms with van der Waals surface area (Å²) in [7, 11) is 0. The van der Waals surface area contributed by atoms with E-state index < -0.39 is 5.91 Å². The van der Waals surface area contributed by atoms with Crippen LogP contribution in [-0.4, -0.2) is 25.0 Å². The number of carbonyl (C=O) groups is 2. The van der Waals surface area contributed by atoms with E-state index in [0.717, 1.165) is 25.1 Å². The Labute approximate surface area is 104 Å². The summed E-state index contributed by atoms with van der Waals surface area (Å²) in [5, 5.41) is 3.24. The predicted molar refractivity (Wildman–Crippen MR) is 64.5 cm³/mol. The summed E-state index contributed by atoms with van der Waals surface area (Å²) < 4.78 is 0. The van der Waals surface area contributed by atoms with Gasteiger partial charge >= 0.3 is 0 Å². The van der Waals surface area contributed by atoms with Gasteiger partial charge in [0.1, 0.15) is 0 Å². The Kier molecular flexibility index (Phi) is 3.91. The molecule has 0 aliphatic carbocycles. The van der Waals surface area contributed by atoms with Crippen molar-refractivity contribution in [1.29, 1.82) is 0 Å². The first-order chi connectivity index (χ1) is 8.66. The highest BCUT2D eigenvalue weighted by atomic mass is 16.7. The van der Waals surface area contributed by atoms with Crippen LogP contribution in [0.25, 0.3) is 0 Å². The van der Waals surface area contributed by atoms with Gasteiger partial charge < -0.3 is 11.1 Å². The van der Waals surface area contributed by atoms with Gasteiger partial charge in [-0.2, -0.15) is 0 Å². The lowest BCUT2D eigenvalue weighted by atomic mass is 9.98. The van der Waals surface area contributed by atoms with Crippen LogP contribution < -0.4 is 16.5 Å². The number of hydrogen-bond acceptors (Lipinski definition) is 4. The van der Waals surface area contributed by atoms with Crippen molar-refractivity contribution in [2.75, 3.05) is 13.2 Å². The molecule has 0 bridgehead atoms. The minimum absolute atomic E-state index is 0.335. The molecule has 4 N–H and O–H groups in total. The quantitative estimate of drug-likeness (QED) is 0.626. The molecule has 0 unspecified atom stereocenters. The maximum Gasteiger partial charge on any atom is 0.274 e. The first-order valence-corrected chi connectivity index (χ1v) is 5.70. The topological polar surface area (TPSA) is 93.5 Å². The van der Waals surface area contributed by atoms with E-state index in [2.05, 4.69) is 15.6 Å². The summed E-state index contributed by atoms with van der Waals surface area (Å²) in [6.07, 6.45) is 0.968. The molecule has 0 radical (unpaired) electrons. The van der Waals surface area contributed by atoms with Gasteiger partial charge in [0.15, 0.2) is 6.61 Å². The van der Waals surface area contributed by atoms with Crippen molar-refractivity contribution >= 4 is 11.8 Å². The van der Waals surface area contributed by atoms with Crippen molar-refractivity contribution in [3.05, 3.63) is 34.9 Å². The van der Waals surface area contributed by atoms with Gasteiger partial charge in [-0.1, -0.05) is 6.07 Å². The molecule has 2 amide bonds. The fourth-order valence-corrected chi connectivity index (χ4v) is 1.85. The highest BCUT2D eigenvalue weighted by molar-refractivity contribution is 5.93. The van der Waals surface area contributed by atoms with Crippen molar-refractivity contribution in [3.63, 3.8) is 0 Å². The molecule has 0 spiro atoms. The van der Waals surface area contributed by atoms with Gasteiger partial charge in [-0.25, -0.2) is 5.48 Å². The standard InChI is InChI=1S/C12H15N3O3/c13-11(16)7-18-15-12(17)9-2-1-8-3-4-14-6-10(8)5-9/h1-2,5,14H,3-4,6-7H2,(H2,13,16)(H,15,17). The molecule has 96 valence electrons. The van der Waals surface area contributed by atoms with Gasteiger partial charge in [-0.05, 0) is 36.2 Å². The first kappa shape index (κ1) is 12.5. The lowest BCUT2D eigenvalue weighted by Gasteiger charge is -2.17. The monoisotopic (exact) mass is 249 g/mol. The van der Waals surface area contributed by atoms with Crippen LogP contribution >= 0.6 is 0 Å². The summed E-state index contributed by atoms with van der Waals surface area (Å²) in [5.41, 5.74) is 9.93. The van der Waals surface area contributed by atoms with Crippen LogP contribution in [0.5, 0.6) is 0 Å². The second-order valence-corrected chi connectivity index (χ2v) is 4.10. The molecular weight excluding hydrogens is 234 g/mol. The number of carbonyl (C=O) groups excluding carboxylic acids is 2. The smallest absolute Gasteiger partial charge is 0.274 e. The van der Waals surface area contributed by atoms with Gasteiger partial charge in [0.2, 0.25) is 5.91 Å². The second kappa shape index (κ2) is 5.61. The van der Waals surface area contributed by atoms with Crippen LogP contribution in [0.2, 0.25) is 0 Å². The largest absolute Gasteiger partial charge is 0.368 e. The molecule has 2 rings (SSSR count). The van der Waals surface area contributed by atoms with Crippen LogP contribution in [0.3, 0.4) is 0 Å². The molecule has 0 saturated heterocycles. The summed E-state index contributed by atoms with van der Waals surface area (Å²) in [6.45, 7) is 1.39. The number of rotatable bonds is 4. The maximum absolute atomic E-state index is 11.7. The van der Waals surface area contributed by atoms with Crippen LogP contribution in [0, 0.1) is 0 Å². The normalized spacial score (nSPS) is 13.8. The van der Waals surface area contributed by atoms with E-state index in [1.165, 1.54) is 5.56 Å². The predicted octanol–water partition coefficient (Wildman–Crippen LogP) is -0.521. The lowest BCUT2D eigenvalue weighted by molar-refractivity contribution is -0.124. The van der Waals surface area contributed by atoms with Gasteiger partial charge in [0.25, 0.3) is 5.91 Å². The summed E-state index contributed by atoms with van der Waals surface area (Å²) in [4.78, 5) is 26.8. The van der Waals surface area contributed by atoms with E-state index in [1.54, 1.807) is 6.07 Å². The maximum atomic E-state index is 11.7. The molecule has 0 saturated carbocycles. The highest BCUT2D eigenvalue weighted by Crippen LogP contribution is 2.15. The molecule has 1 aliphatic heterocycles. The summed E-state index contributed by atoms with van der Waals surface area (Å²) in [5.74, 6) is -1.02. The Morgan fingerprint density at radius 2 is 2.22 bits per heavy atom. The molecule has 6 nitrogen and oxygen atoms in total. The van der Waals surface area contributed by atoms with Crippen LogP contribution in [0.15, 0.2) is 18.2 Å². The molecule has 6 heteroatoms. The van der Waals surface area contributed by atoms with Crippen molar-refractivity contribution in [1.82, 2.24) is 10.8 Å². The number of fused-ring (bicyclic) bond motifs is 1. The third kappa shape index (κ3) is 3.06. The number of nitrogens with two attached hydrogens (primary N) is 1. The average Bonchev–Trinajstić information content (AvgIpc) is 2.37. The highest BCUT2D eigenvalue weighted by Gasteiger charge is 2.12. The summed E-state index contributed by atoms with van der Waals surface area (Å²) in [6, 6.07) is 5.51. The fraction of sp³-hybridized carbons (Fsp3) is 0.333. The van der Waals surface area contributed by atoms with Crippen LogP contribution in [0.4, 0.5) is 0 Å². The Hall–Kier alpha value is -1.92. The number of hydrogen-bond donors (Lipinski definition) is 3. The van der Waals surface area contributed by atoms with Crippen molar-refractivity contribution in [3.8, 4) is 0 Å². The average molecular weight is 249 g/mol. The van der Waals surface area contributed by atoms with Crippen LogP contribution in [0.1, 0.15) is 21.5 Å². The first-order valence-electron chi connectivity index (χ1n) is 5.70. The van der Waals surface area contributed by atoms with Crippen molar-refractivity contribution in [2.45, 2.75) is 13.0 Å². The third-order valence-electron chi connectivity index (χ3n) is 2.73. The van der Waals surface area contributed by atoms with Gasteiger partial charge in [0, 0.05) is 12.1 Å². The van der Waals surface area contributed by atoms with E-state index in [0.29, 0.717) is 5.56 Å². The van der Waals surface area contributed by atoms with Gasteiger partial charge in [-0.15, -0.1) is 0 Å². The number of benzene rings is 1. The molecule has 1 aliphatic rings. The Bertz CT molecular complexity index is 474. The minimum Gasteiger partial charge on any atom is -0.368 e. The van der Waals surface area contributed by atoms with E-state index in [4.69, 9.17) is 5.73 Å². The van der Waals surface area contributed by atoms with Gasteiger partial charge in [-0.3, -0.25) is 14.4 Å². The zero-order valence-electron chi connectivity index (χ0n) is 9.86. The van der Waals surface area contributed by atoms with Crippen molar-refractivity contribution in [2.24, 2.45) is 5.73 Å². The molecule has 0 aromatic heterocycles. The van der Waals surface area contributed by atoms with E-state index in [1.807, 2.05) is 12.1 Å². The van der Waals surface area contributed by atoms with E-state index >= 15 is 0 Å². The van der Waals surface area contributed by atoms with E-state index in [9.17, 15) is 9.59 Å². The molecule has 1 heterocycles. The van der Waals surface area contributed by atoms with Crippen LogP contribution in [-0.2, 0) is 22.6 Å². The molecule has 1 aromatic carbocycles. The zero-order valence-corrected chi connectivity index (χ0v) is 9.86.